The Hall–Kier alpha value is -2.01. The zero-order valence-electron chi connectivity index (χ0n) is 13.0. The number of rotatable bonds is 4. The molecule has 5 heteroatoms. The highest BCUT2D eigenvalue weighted by Gasteiger charge is 2.55. The van der Waals surface area contributed by atoms with Crippen molar-refractivity contribution in [3.63, 3.8) is 0 Å². The first-order chi connectivity index (χ1) is 10.8. The molecule has 1 saturated carbocycles. The predicted molar refractivity (Wildman–Crippen MR) is 85.3 cm³/mol. The van der Waals surface area contributed by atoms with Crippen molar-refractivity contribution >= 4 is 5.69 Å². The van der Waals surface area contributed by atoms with E-state index in [0.29, 0.717) is 6.04 Å². The molecule has 2 aliphatic rings. The largest absolute Gasteiger partial charge is 0.494 e. The predicted octanol–water partition coefficient (Wildman–Crippen LogP) is 3.09. The fraction of sp³-hybridized carbons (Fsp3) is 0.471. The number of anilines is 1. The number of methoxy groups -OCH3 is 1. The summed E-state index contributed by atoms with van der Waals surface area (Å²) in [5.41, 5.74) is 3.19. The van der Waals surface area contributed by atoms with Gasteiger partial charge in [0.2, 0.25) is 0 Å². The van der Waals surface area contributed by atoms with Gasteiger partial charge in [-0.1, -0.05) is 12.1 Å². The van der Waals surface area contributed by atoms with Gasteiger partial charge in [0.15, 0.2) is 0 Å². The number of para-hydroxylation sites is 1. The second-order valence-electron chi connectivity index (χ2n) is 6.06. The van der Waals surface area contributed by atoms with Gasteiger partial charge in [-0.15, -0.1) is 0 Å². The molecule has 1 aromatic heterocycles. The molecule has 1 spiro atoms. The summed E-state index contributed by atoms with van der Waals surface area (Å²) in [4.78, 5) is 0. The summed E-state index contributed by atoms with van der Waals surface area (Å²) in [6.07, 6.45) is 7.41. The molecule has 22 heavy (non-hydrogen) atoms. The van der Waals surface area contributed by atoms with Gasteiger partial charge in [-0.25, -0.2) is 0 Å². The summed E-state index contributed by atoms with van der Waals surface area (Å²) in [6.45, 7) is 0.846. The van der Waals surface area contributed by atoms with Crippen LogP contribution in [0.15, 0.2) is 30.6 Å². The SMILES string of the molecule is CNc1cccc(-c2cnn(C3CCOC34CC4)c2)c1OC. The van der Waals surface area contributed by atoms with E-state index in [-0.39, 0.29) is 5.60 Å². The van der Waals surface area contributed by atoms with Gasteiger partial charge in [0.1, 0.15) is 5.75 Å². The average molecular weight is 299 g/mol. The standard InChI is InChI=1S/C17H21N3O2/c1-18-14-5-3-4-13(16(14)21-2)12-10-19-20(11-12)15-6-9-22-17(15)7-8-17/h3-5,10-11,15,18H,6-9H2,1-2H3. The lowest BCUT2D eigenvalue weighted by molar-refractivity contribution is 0.0681. The molecule has 1 atom stereocenters. The normalized spacial score (nSPS) is 22.0. The fourth-order valence-electron chi connectivity index (χ4n) is 3.54. The highest BCUT2D eigenvalue weighted by atomic mass is 16.5. The van der Waals surface area contributed by atoms with Crippen LogP contribution in [-0.2, 0) is 4.74 Å². The quantitative estimate of drug-likeness (QED) is 0.942. The Kier molecular flexibility index (Phi) is 3.11. The summed E-state index contributed by atoms with van der Waals surface area (Å²) in [6, 6.07) is 6.48. The van der Waals surface area contributed by atoms with Gasteiger partial charge in [-0.3, -0.25) is 4.68 Å². The number of benzene rings is 1. The second kappa shape index (κ2) is 5.02. The Morgan fingerprint density at radius 2 is 2.27 bits per heavy atom. The third-order valence-corrected chi connectivity index (χ3v) is 4.85. The van der Waals surface area contributed by atoms with Crippen molar-refractivity contribution < 1.29 is 9.47 Å². The summed E-state index contributed by atoms with van der Waals surface area (Å²) in [5.74, 6) is 0.855. The monoisotopic (exact) mass is 299 g/mol. The molecule has 2 heterocycles. The number of hydrogen-bond acceptors (Lipinski definition) is 4. The molecule has 0 radical (unpaired) electrons. The Bertz CT molecular complexity index is 691. The van der Waals surface area contributed by atoms with Crippen LogP contribution < -0.4 is 10.1 Å². The second-order valence-corrected chi connectivity index (χ2v) is 6.06. The van der Waals surface area contributed by atoms with E-state index < -0.39 is 0 Å². The zero-order chi connectivity index (χ0) is 15.2. The molecule has 1 saturated heterocycles. The molecule has 0 bridgehead atoms. The van der Waals surface area contributed by atoms with E-state index in [0.717, 1.165) is 48.4 Å². The van der Waals surface area contributed by atoms with Gasteiger partial charge in [-0.2, -0.15) is 5.10 Å². The molecule has 5 nitrogen and oxygen atoms in total. The van der Waals surface area contributed by atoms with Crippen LogP contribution in [0.4, 0.5) is 5.69 Å². The first kappa shape index (κ1) is 13.6. The number of nitrogens with one attached hydrogen (secondary N) is 1. The number of hydrogen-bond donors (Lipinski definition) is 1. The Morgan fingerprint density at radius 3 is 3.00 bits per heavy atom. The highest BCUT2D eigenvalue weighted by Crippen LogP contribution is 2.53. The van der Waals surface area contributed by atoms with Gasteiger partial charge in [0.25, 0.3) is 0 Å². The van der Waals surface area contributed by atoms with Crippen LogP contribution in [0.2, 0.25) is 0 Å². The molecule has 0 amide bonds. The molecule has 116 valence electrons. The van der Waals surface area contributed by atoms with Crippen molar-refractivity contribution in [2.45, 2.75) is 30.9 Å². The van der Waals surface area contributed by atoms with Crippen LogP contribution in [0.3, 0.4) is 0 Å². The number of ether oxygens (including phenoxy) is 2. The molecule has 1 aliphatic carbocycles. The third-order valence-electron chi connectivity index (χ3n) is 4.85. The lowest BCUT2D eigenvalue weighted by Crippen LogP contribution is -2.21. The number of nitrogens with zero attached hydrogens (tertiary/aromatic N) is 2. The van der Waals surface area contributed by atoms with Gasteiger partial charge in [0, 0.05) is 31.0 Å². The van der Waals surface area contributed by atoms with Crippen molar-refractivity contribution in [1.29, 1.82) is 0 Å². The summed E-state index contributed by atoms with van der Waals surface area (Å²) < 4.78 is 13.6. The van der Waals surface area contributed by atoms with Gasteiger partial charge in [0.05, 0.1) is 30.6 Å². The van der Waals surface area contributed by atoms with E-state index in [1.807, 2.05) is 25.4 Å². The van der Waals surface area contributed by atoms with Crippen molar-refractivity contribution in [2.75, 3.05) is 26.1 Å². The molecule has 2 aromatic rings. The van der Waals surface area contributed by atoms with Crippen LogP contribution in [0.25, 0.3) is 11.1 Å². The van der Waals surface area contributed by atoms with E-state index in [1.54, 1.807) is 7.11 Å². The van der Waals surface area contributed by atoms with Crippen molar-refractivity contribution in [3.05, 3.63) is 30.6 Å². The van der Waals surface area contributed by atoms with E-state index in [1.165, 1.54) is 0 Å². The fourth-order valence-corrected chi connectivity index (χ4v) is 3.54. The van der Waals surface area contributed by atoms with Crippen molar-refractivity contribution in [1.82, 2.24) is 9.78 Å². The van der Waals surface area contributed by atoms with Crippen LogP contribution in [-0.4, -0.2) is 36.1 Å². The first-order valence-electron chi connectivity index (χ1n) is 7.81. The van der Waals surface area contributed by atoms with Gasteiger partial charge >= 0.3 is 0 Å². The third kappa shape index (κ3) is 2.00. The van der Waals surface area contributed by atoms with Gasteiger partial charge in [-0.05, 0) is 25.3 Å². The van der Waals surface area contributed by atoms with Crippen molar-refractivity contribution in [3.8, 4) is 16.9 Å². The Labute approximate surface area is 130 Å². The molecule has 1 unspecified atom stereocenters. The minimum Gasteiger partial charge on any atom is -0.494 e. The molecule has 4 rings (SSSR count). The van der Waals surface area contributed by atoms with Crippen LogP contribution >= 0.6 is 0 Å². The van der Waals surface area contributed by atoms with Crippen molar-refractivity contribution in [2.24, 2.45) is 0 Å². The average Bonchev–Trinajstić information content (AvgIpc) is 2.98. The Balaban J connectivity index is 1.70. The smallest absolute Gasteiger partial charge is 0.149 e. The van der Waals surface area contributed by atoms with E-state index in [4.69, 9.17) is 9.47 Å². The Morgan fingerprint density at radius 1 is 1.41 bits per heavy atom. The van der Waals surface area contributed by atoms with E-state index >= 15 is 0 Å². The van der Waals surface area contributed by atoms with E-state index in [9.17, 15) is 0 Å². The maximum Gasteiger partial charge on any atom is 0.149 e. The topological polar surface area (TPSA) is 48.3 Å². The highest BCUT2D eigenvalue weighted by molar-refractivity contribution is 5.77. The van der Waals surface area contributed by atoms with Crippen LogP contribution in [0, 0.1) is 0 Å². The van der Waals surface area contributed by atoms with E-state index in [2.05, 4.69) is 27.4 Å². The lowest BCUT2D eigenvalue weighted by atomic mass is 10.1. The molecule has 1 N–H and O–H groups in total. The maximum atomic E-state index is 5.92. The first-order valence-corrected chi connectivity index (χ1v) is 7.81. The lowest BCUT2D eigenvalue weighted by Gasteiger charge is -2.17. The zero-order valence-corrected chi connectivity index (χ0v) is 13.0. The summed E-state index contributed by atoms with van der Waals surface area (Å²) in [7, 11) is 3.60. The molecular weight excluding hydrogens is 278 g/mol. The molecule has 1 aromatic carbocycles. The minimum atomic E-state index is 0.0696. The summed E-state index contributed by atoms with van der Waals surface area (Å²) in [5, 5.41) is 7.77. The van der Waals surface area contributed by atoms with Gasteiger partial charge < -0.3 is 14.8 Å². The van der Waals surface area contributed by atoms with Crippen LogP contribution in [0.5, 0.6) is 5.75 Å². The maximum absolute atomic E-state index is 5.92. The molecule has 2 fully saturated rings. The summed E-state index contributed by atoms with van der Waals surface area (Å²) >= 11 is 0. The minimum absolute atomic E-state index is 0.0696. The molecule has 1 aliphatic heterocycles. The molecular formula is C17H21N3O2. The van der Waals surface area contributed by atoms with Crippen LogP contribution in [0.1, 0.15) is 25.3 Å². The number of aromatic nitrogens is 2.